The zero-order chi connectivity index (χ0) is 8.41. The third-order valence-electron chi connectivity index (χ3n) is 0.469. The van der Waals surface area contributed by atoms with Gasteiger partial charge in [0.1, 0.15) is 12.0 Å². The molecule has 0 amide bonds. The van der Waals surface area contributed by atoms with Crippen molar-refractivity contribution in [1.82, 2.24) is 10.4 Å². The highest BCUT2D eigenvalue weighted by molar-refractivity contribution is 4.79. The maximum absolute atomic E-state index is 4.35. The lowest BCUT2D eigenvalue weighted by Gasteiger charge is -1.58. The van der Waals surface area contributed by atoms with E-state index in [1.165, 1.54) is 6.26 Å². The highest BCUT2D eigenvalue weighted by Crippen LogP contribution is 1.82. The van der Waals surface area contributed by atoms with Gasteiger partial charge < -0.3 is 4.52 Å². The first kappa shape index (κ1) is 11.9. The minimum Gasteiger partial charge on any atom is -0.345 e. The summed E-state index contributed by atoms with van der Waals surface area (Å²) in [6.07, 6.45) is 1.49. The Morgan fingerprint density at radius 1 is 1.20 bits per heavy atom. The Bertz CT molecular complexity index is 115. The predicted molar refractivity (Wildman–Crippen MR) is 41.7 cm³/mol. The molecule has 0 saturated heterocycles. The van der Waals surface area contributed by atoms with Crippen LogP contribution in [-0.4, -0.2) is 10.4 Å². The molecule has 0 fully saturated rings. The second-order valence-electron chi connectivity index (χ2n) is 1.05. The highest BCUT2D eigenvalue weighted by atomic mass is 16.5. The molecule has 0 aliphatic carbocycles. The van der Waals surface area contributed by atoms with Gasteiger partial charge in [-0.25, -0.2) is 0 Å². The normalized spacial score (nSPS) is 6.50. The fourth-order valence-corrected chi connectivity index (χ4v) is 0.211. The van der Waals surface area contributed by atoms with Crippen molar-refractivity contribution >= 4 is 0 Å². The van der Waals surface area contributed by atoms with Crippen molar-refractivity contribution in [2.45, 2.75) is 34.6 Å². The van der Waals surface area contributed by atoms with E-state index in [9.17, 15) is 0 Å². The first-order chi connectivity index (χ1) is 4.89. The zero-order valence-corrected chi connectivity index (χ0v) is 7.38. The molecule has 10 heavy (non-hydrogen) atoms. The van der Waals surface area contributed by atoms with Gasteiger partial charge in [0, 0.05) is 5.27 Å². The molecule has 0 aliphatic heterocycles. The van der Waals surface area contributed by atoms with Gasteiger partial charge in [0.15, 0.2) is 0 Å². The summed E-state index contributed by atoms with van der Waals surface area (Å²) in [7, 11) is 0. The summed E-state index contributed by atoms with van der Waals surface area (Å²) in [5.74, 6) is 0. The number of hydrogen-bond donors (Lipinski definition) is 0. The van der Waals surface area contributed by atoms with E-state index in [1.54, 1.807) is 0 Å². The van der Waals surface area contributed by atoms with Crippen LogP contribution in [0.4, 0.5) is 0 Å². The van der Waals surface area contributed by atoms with Crippen LogP contribution in [0.1, 0.15) is 33.4 Å². The fourth-order valence-electron chi connectivity index (χ4n) is 0.211. The summed E-state index contributed by atoms with van der Waals surface area (Å²) < 4.78 is 4.35. The lowest BCUT2D eigenvalue weighted by molar-refractivity contribution is 0.393. The summed E-state index contributed by atoms with van der Waals surface area (Å²) >= 11 is 0. The van der Waals surface area contributed by atoms with Crippen molar-refractivity contribution in [2.24, 2.45) is 0 Å². The Labute approximate surface area is 62.4 Å². The Hall–Kier alpha value is -0.860. The second kappa shape index (κ2) is 11.0. The van der Waals surface area contributed by atoms with Crippen molar-refractivity contribution in [3.8, 4) is 0 Å². The van der Waals surface area contributed by atoms with Gasteiger partial charge in [0.05, 0.1) is 0 Å². The molecule has 1 aromatic rings. The Kier molecular flexibility index (Phi) is 13.1. The van der Waals surface area contributed by atoms with Crippen molar-refractivity contribution in [1.29, 1.82) is 0 Å². The van der Waals surface area contributed by atoms with E-state index >= 15 is 0 Å². The lowest BCUT2D eigenvalue weighted by Crippen LogP contribution is -1.65. The minimum atomic E-state index is 0.815. The van der Waals surface area contributed by atoms with Crippen LogP contribution in [0.25, 0.3) is 0 Å². The molecule has 3 nitrogen and oxygen atoms in total. The van der Waals surface area contributed by atoms with E-state index in [-0.39, 0.29) is 0 Å². The lowest BCUT2D eigenvalue weighted by atomic mass is 10.6. The van der Waals surface area contributed by atoms with Crippen molar-refractivity contribution < 1.29 is 4.52 Å². The SMILES string of the molecule is CC.CC.Cc1conn1. The van der Waals surface area contributed by atoms with Gasteiger partial charge in [-0.05, 0) is 6.92 Å². The maximum atomic E-state index is 4.35. The Morgan fingerprint density at radius 2 is 1.70 bits per heavy atom. The Morgan fingerprint density at radius 3 is 1.80 bits per heavy atom. The maximum Gasteiger partial charge on any atom is 0.147 e. The predicted octanol–water partition coefficient (Wildman–Crippen LogP) is 2.43. The quantitative estimate of drug-likeness (QED) is 0.561. The van der Waals surface area contributed by atoms with Gasteiger partial charge >= 0.3 is 0 Å². The van der Waals surface area contributed by atoms with E-state index in [0.717, 1.165) is 5.69 Å². The molecule has 0 aliphatic rings. The molecule has 0 unspecified atom stereocenters. The van der Waals surface area contributed by atoms with Gasteiger partial charge in [-0.2, -0.15) is 0 Å². The molecule has 0 aromatic carbocycles. The Balaban J connectivity index is 0. The van der Waals surface area contributed by atoms with Crippen LogP contribution >= 0.6 is 0 Å². The van der Waals surface area contributed by atoms with Gasteiger partial charge in [0.25, 0.3) is 0 Å². The zero-order valence-electron chi connectivity index (χ0n) is 7.38. The standard InChI is InChI=1S/C3H4N2O.2C2H6/c1-3-2-6-5-4-3;2*1-2/h2H,1H3;2*1-2H3. The third-order valence-corrected chi connectivity index (χ3v) is 0.469. The van der Waals surface area contributed by atoms with Crippen molar-refractivity contribution in [2.75, 3.05) is 0 Å². The van der Waals surface area contributed by atoms with Crippen molar-refractivity contribution in [3.63, 3.8) is 0 Å². The average Bonchev–Trinajstić information content (AvgIpc) is 2.48. The molecule has 0 saturated carbocycles. The number of aryl methyl sites for hydroxylation is 1. The van der Waals surface area contributed by atoms with Crippen LogP contribution in [0.15, 0.2) is 10.8 Å². The number of aromatic nitrogens is 2. The van der Waals surface area contributed by atoms with E-state index < -0.39 is 0 Å². The number of hydrogen-bond acceptors (Lipinski definition) is 3. The van der Waals surface area contributed by atoms with E-state index in [4.69, 9.17) is 0 Å². The molecule has 60 valence electrons. The van der Waals surface area contributed by atoms with E-state index in [1.807, 2.05) is 34.6 Å². The molecule has 0 spiro atoms. The first-order valence-corrected chi connectivity index (χ1v) is 3.63. The largest absolute Gasteiger partial charge is 0.345 e. The molecule has 3 heteroatoms. The van der Waals surface area contributed by atoms with Crippen LogP contribution in [0.3, 0.4) is 0 Å². The van der Waals surface area contributed by atoms with Crippen LogP contribution in [0, 0.1) is 6.92 Å². The third kappa shape index (κ3) is 7.14. The number of rotatable bonds is 0. The van der Waals surface area contributed by atoms with E-state index in [2.05, 4.69) is 14.9 Å². The molecule has 0 N–H and O–H groups in total. The topological polar surface area (TPSA) is 38.9 Å². The van der Waals surface area contributed by atoms with Gasteiger partial charge in [-0.15, -0.1) is 5.10 Å². The molecule has 0 atom stereocenters. The molecular weight excluding hydrogens is 128 g/mol. The summed E-state index contributed by atoms with van der Waals surface area (Å²) in [6.45, 7) is 9.82. The highest BCUT2D eigenvalue weighted by Gasteiger charge is 1.79. The molecule has 1 rings (SSSR count). The van der Waals surface area contributed by atoms with E-state index in [0.29, 0.717) is 0 Å². The molecule has 0 bridgehead atoms. The molecule has 0 radical (unpaired) electrons. The smallest absolute Gasteiger partial charge is 0.147 e. The van der Waals surface area contributed by atoms with Gasteiger partial charge in [-0.3, -0.25) is 0 Å². The molecule has 1 heterocycles. The summed E-state index contributed by atoms with van der Waals surface area (Å²) in [5, 5.41) is 6.70. The van der Waals surface area contributed by atoms with Gasteiger partial charge in [0.2, 0.25) is 0 Å². The summed E-state index contributed by atoms with van der Waals surface area (Å²) in [6, 6.07) is 0. The van der Waals surface area contributed by atoms with Crippen LogP contribution < -0.4 is 0 Å². The van der Waals surface area contributed by atoms with Crippen LogP contribution in [-0.2, 0) is 0 Å². The summed E-state index contributed by atoms with van der Waals surface area (Å²) in [5.41, 5.74) is 0.815. The monoisotopic (exact) mass is 144 g/mol. The minimum absolute atomic E-state index is 0.815. The first-order valence-electron chi connectivity index (χ1n) is 3.63. The van der Waals surface area contributed by atoms with Crippen LogP contribution in [0.2, 0.25) is 0 Å². The average molecular weight is 144 g/mol. The number of nitrogens with zero attached hydrogens (tertiary/aromatic N) is 2. The molecule has 1 aromatic heterocycles. The van der Waals surface area contributed by atoms with Gasteiger partial charge in [-0.1, -0.05) is 27.7 Å². The van der Waals surface area contributed by atoms with Crippen LogP contribution in [0.5, 0.6) is 0 Å². The summed E-state index contributed by atoms with van der Waals surface area (Å²) in [4.78, 5) is 0. The van der Waals surface area contributed by atoms with Crippen molar-refractivity contribution in [3.05, 3.63) is 12.0 Å². The molecular formula is C7H16N2O. The fraction of sp³-hybridized carbons (Fsp3) is 0.714. The second-order valence-corrected chi connectivity index (χ2v) is 1.05.